The average Bonchev–Trinajstić information content (AvgIpc) is 2.77. The number of nitrogens with one attached hydrogen (secondary N) is 1. The molecule has 5 nitrogen and oxygen atoms in total. The summed E-state index contributed by atoms with van der Waals surface area (Å²) in [5, 5.41) is 21.3. The Morgan fingerprint density at radius 2 is 1.81 bits per heavy atom. The van der Waals surface area contributed by atoms with Crippen LogP contribution in [0.5, 0.6) is 0 Å². The molecule has 0 radical (unpaired) electrons. The van der Waals surface area contributed by atoms with Crippen LogP contribution in [0.3, 0.4) is 0 Å². The summed E-state index contributed by atoms with van der Waals surface area (Å²) in [6.07, 6.45) is 10.8. The quantitative estimate of drug-likeness (QED) is 0.146. The van der Waals surface area contributed by atoms with E-state index >= 15 is 0 Å². The first-order valence-electron chi connectivity index (χ1n) is 10.4. The highest BCUT2D eigenvalue weighted by Crippen LogP contribution is 2.35. The number of amides is 1. The van der Waals surface area contributed by atoms with Crippen LogP contribution in [0, 0.1) is 12.8 Å². The summed E-state index contributed by atoms with van der Waals surface area (Å²) < 4.78 is 0. The third-order valence-corrected chi connectivity index (χ3v) is 5.15. The zero-order chi connectivity index (χ0) is 24.8. The topological polar surface area (TPSA) is 72.8 Å². The fraction of sp³-hybridized carbons (Fsp3) is 0.480. The Bertz CT molecular complexity index is 639. The first-order valence-corrected chi connectivity index (χ1v) is 11.2. The SMILES string of the molecule is C#C.C/C=C(\C)O.C=C(C)CC(Sc1ccccc1N(C=O)CCNC)C(C)O.CC. The van der Waals surface area contributed by atoms with E-state index < -0.39 is 6.10 Å². The molecule has 1 aromatic carbocycles. The van der Waals surface area contributed by atoms with Crippen molar-refractivity contribution in [2.24, 2.45) is 0 Å². The number of aliphatic hydroxyl groups excluding tert-OH is 2. The number of anilines is 1. The number of carbonyl (C=O) groups is 1. The van der Waals surface area contributed by atoms with Crippen molar-refractivity contribution in [2.45, 2.75) is 64.2 Å². The lowest BCUT2D eigenvalue weighted by Crippen LogP contribution is -2.30. The first kappa shape index (κ1) is 33.4. The molecule has 0 saturated heterocycles. The lowest BCUT2D eigenvalue weighted by Gasteiger charge is -2.24. The maximum atomic E-state index is 11.4. The zero-order valence-corrected chi connectivity index (χ0v) is 21.1. The molecule has 0 heterocycles. The summed E-state index contributed by atoms with van der Waals surface area (Å²) in [5.41, 5.74) is 1.92. The summed E-state index contributed by atoms with van der Waals surface area (Å²) in [4.78, 5) is 14.1. The molecular formula is C25H42N2O3S. The predicted octanol–water partition coefficient (Wildman–Crippen LogP) is 5.42. The standard InChI is InChI=1S/C17H26N2O2S.C4H8O.C2H6.C2H2/c1-13(2)11-17(14(3)21)22-16-8-6-5-7-15(16)19(12-20)10-9-18-4;1-3-4(2)5;2*1-2/h5-8,12,14,17-18,21H,1,9-11H2,2-4H3;3,5H,1-2H3;1-2H3;1-2H/b;4-3+;;. The molecule has 2 atom stereocenters. The summed E-state index contributed by atoms with van der Waals surface area (Å²) in [7, 11) is 1.86. The second kappa shape index (κ2) is 22.5. The number of rotatable bonds is 10. The van der Waals surface area contributed by atoms with E-state index in [1.165, 1.54) is 0 Å². The van der Waals surface area contributed by atoms with E-state index in [1.54, 1.807) is 43.5 Å². The molecule has 2 unspecified atom stereocenters. The van der Waals surface area contributed by atoms with Crippen LogP contribution < -0.4 is 10.2 Å². The number of hydrogen-bond donors (Lipinski definition) is 3. The molecule has 176 valence electrons. The summed E-state index contributed by atoms with van der Waals surface area (Å²) in [5.74, 6) is 0.380. The van der Waals surface area contributed by atoms with Crippen molar-refractivity contribution >= 4 is 23.9 Å². The van der Waals surface area contributed by atoms with Crippen LogP contribution in [0.4, 0.5) is 5.69 Å². The van der Waals surface area contributed by atoms with Gasteiger partial charge in [-0.25, -0.2) is 0 Å². The van der Waals surface area contributed by atoms with Gasteiger partial charge in [0.15, 0.2) is 0 Å². The molecule has 0 aliphatic carbocycles. The van der Waals surface area contributed by atoms with Gasteiger partial charge in [0.05, 0.1) is 17.6 Å². The van der Waals surface area contributed by atoms with Crippen molar-refractivity contribution in [3.63, 3.8) is 0 Å². The fourth-order valence-electron chi connectivity index (χ4n) is 2.07. The molecule has 31 heavy (non-hydrogen) atoms. The van der Waals surface area contributed by atoms with E-state index in [4.69, 9.17) is 5.11 Å². The third-order valence-electron chi connectivity index (χ3n) is 3.69. The Morgan fingerprint density at radius 1 is 1.29 bits per heavy atom. The highest BCUT2D eigenvalue weighted by Gasteiger charge is 2.19. The average molecular weight is 451 g/mol. The molecule has 0 bridgehead atoms. The Kier molecular flexibility index (Phi) is 24.3. The number of likely N-dealkylation sites (N-methyl/N-ethyl adjacent to an activating group) is 1. The number of para-hydroxylation sites is 1. The number of hydrogen-bond acceptors (Lipinski definition) is 5. The van der Waals surface area contributed by atoms with Crippen molar-refractivity contribution in [1.82, 2.24) is 5.32 Å². The van der Waals surface area contributed by atoms with Crippen LogP contribution in [0.2, 0.25) is 0 Å². The molecule has 0 aliphatic heterocycles. The van der Waals surface area contributed by atoms with Crippen molar-refractivity contribution < 1.29 is 15.0 Å². The summed E-state index contributed by atoms with van der Waals surface area (Å²) in [6, 6.07) is 7.80. The number of nitrogens with zero attached hydrogens (tertiary/aromatic N) is 1. The summed E-state index contributed by atoms with van der Waals surface area (Å²) in [6.45, 7) is 16.5. The molecule has 3 N–H and O–H groups in total. The third kappa shape index (κ3) is 17.2. The number of carbonyl (C=O) groups excluding carboxylic acids is 1. The lowest BCUT2D eigenvalue weighted by molar-refractivity contribution is -0.107. The van der Waals surface area contributed by atoms with Gasteiger partial charge in [-0.1, -0.05) is 37.6 Å². The fourth-order valence-corrected chi connectivity index (χ4v) is 3.43. The van der Waals surface area contributed by atoms with Gasteiger partial charge in [0.1, 0.15) is 0 Å². The van der Waals surface area contributed by atoms with Gasteiger partial charge < -0.3 is 20.4 Å². The molecule has 1 aromatic rings. The maximum absolute atomic E-state index is 11.4. The van der Waals surface area contributed by atoms with Gasteiger partial charge in [0.25, 0.3) is 0 Å². The van der Waals surface area contributed by atoms with Crippen LogP contribution in [-0.2, 0) is 4.79 Å². The minimum absolute atomic E-state index is 0.0245. The van der Waals surface area contributed by atoms with E-state index in [-0.39, 0.29) is 5.25 Å². The van der Waals surface area contributed by atoms with Crippen LogP contribution in [0.25, 0.3) is 0 Å². The van der Waals surface area contributed by atoms with Crippen LogP contribution in [0.15, 0.2) is 53.1 Å². The zero-order valence-electron chi connectivity index (χ0n) is 20.3. The van der Waals surface area contributed by atoms with Crippen LogP contribution in [0.1, 0.15) is 48.0 Å². The lowest BCUT2D eigenvalue weighted by atomic mass is 10.1. The van der Waals surface area contributed by atoms with Gasteiger partial charge in [0, 0.05) is 23.2 Å². The van der Waals surface area contributed by atoms with E-state index in [9.17, 15) is 9.90 Å². The molecule has 1 rings (SSSR count). The smallest absolute Gasteiger partial charge is 0.214 e. The van der Waals surface area contributed by atoms with Gasteiger partial charge in [-0.3, -0.25) is 4.79 Å². The molecule has 0 spiro atoms. The normalized spacial score (nSPS) is 11.7. The van der Waals surface area contributed by atoms with Crippen LogP contribution in [-0.4, -0.2) is 48.1 Å². The molecular weight excluding hydrogens is 408 g/mol. The van der Waals surface area contributed by atoms with Crippen molar-refractivity contribution in [2.75, 3.05) is 25.0 Å². The largest absolute Gasteiger partial charge is 0.513 e. The van der Waals surface area contributed by atoms with Crippen LogP contribution >= 0.6 is 11.8 Å². The van der Waals surface area contributed by atoms with Gasteiger partial charge in [-0.05, 0) is 53.3 Å². The Morgan fingerprint density at radius 3 is 2.19 bits per heavy atom. The Hall–Kier alpha value is -2.20. The van der Waals surface area contributed by atoms with E-state index in [1.807, 2.05) is 52.1 Å². The highest BCUT2D eigenvalue weighted by molar-refractivity contribution is 8.00. The van der Waals surface area contributed by atoms with E-state index in [0.29, 0.717) is 12.3 Å². The van der Waals surface area contributed by atoms with Gasteiger partial charge >= 0.3 is 0 Å². The van der Waals surface area contributed by atoms with Crippen molar-refractivity contribution in [3.05, 3.63) is 48.3 Å². The second-order valence-electron chi connectivity index (χ2n) is 6.36. The molecule has 0 saturated carbocycles. The number of terminal acetylenes is 1. The Balaban J connectivity index is -0.000000747. The van der Waals surface area contributed by atoms with Gasteiger partial charge in [-0.15, -0.1) is 31.2 Å². The molecule has 1 amide bonds. The Labute approximate surface area is 194 Å². The highest BCUT2D eigenvalue weighted by atomic mass is 32.2. The van der Waals surface area contributed by atoms with E-state index in [2.05, 4.69) is 24.7 Å². The maximum Gasteiger partial charge on any atom is 0.214 e. The second-order valence-corrected chi connectivity index (χ2v) is 7.64. The molecule has 0 fully saturated rings. The summed E-state index contributed by atoms with van der Waals surface area (Å²) >= 11 is 1.60. The number of allylic oxidation sites excluding steroid dienone is 3. The minimum Gasteiger partial charge on any atom is -0.513 e. The number of aliphatic hydroxyl groups is 2. The molecule has 0 aliphatic rings. The molecule has 6 heteroatoms. The van der Waals surface area contributed by atoms with Crippen molar-refractivity contribution in [3.8, 4) is 12.8 Å². The predicted molar refractivity (Wildman–Crippen MR) is 138 cm³/mol. The van der Waals surface area contributed by atoms with Gasteiger partial charge in [0.2, 0.25) is 6.41 Å². The van der Waals surface area contributed by atoms with Gasteiger partial charge in [-0.2, -0.15) is 0 Å². The monoisotopic (exact) mass is 450 g/mol. The minimum atomic E-state index is -0.447. The number of thioether (sulfide) groups is 1. The van der Waals surface area contributed by atoms with E-state index in [0.717, 1.165) is 35.5 Å². The van der Waals surface area contributed by atoms with Crippen molar-refractivity contribution in [1.29, 1.82) is 0 Å². The number of benzene rings is 1. The first-order chi connectivity index (χ1) is 14.8. The molecule has 0 aromatic heterocycles.